The van der Waals surface area contributed by atoms with E-state index in [-0.39, 0.29) is 0 Å². The van der Waals surface area contributed by atoms with E-state index >= 15 is 0 Å². The molecule has 168 valence electrons. The summed E-state index contributed by atoms with van der Waals surface area (Å²) in [4.78, 5) is 3.43. The maximum Gasteiger partial charge on any atom is 0.162 e. The number of likely N-dealkylation sites (tertiary alicyclic amines) is 1. The Morgan fingerprint density at radius 1 is 0.903 bits per heavy atom. The number of hydrogen-bond donors (Lipinski definition) is 2. The number of nitrogens with one attached hydrogen (secondary N) is 2. The number of methoxy groups -OCH3 is 1. The maximum absolute atomic E-state index is 6.11. The lowest BCUT2D eigenvalue weighted by molar-refractivity contribution is -0.970. The van der Waals surface area contributed by atoms with Gasteiger partial charge in [0.2, 0.25) is 0 Å². The Morgan fingerprint density at radius 2 is 1.61 bits per heavy atom. The van der Waals surface area contributed by atoms with Gasteiger partial charge in [-0.2, -0.15) is 0 Å². The van der Waals surface area contributed by atoms with Crippen molar-refractivity contribution in [3.63, 3.8) is 0 Å². The Balaban J connectivity index is 1.32. The number of morpholine rings is 1. The van der Waals surface area contributed by atoms with Gasteiger partial charge in [0.05, 0.1) is 26.2 Å². The molecule has 31 heavy (non-hydrogen) atoms. The minimum absolute atomic E-state index is 0.387. The highest BCUT2D eigenvalue weighted by atomic mass is 16.5. The highest BCUT2D eigenvalue weighted by molar-refractivity contribution is 5.43. The van der Waals surface area contributed by atoms with Gasteiger partial charge in [-0.1, -0.05) is 30.3 Å². The van der Waals surface area contributed by atoms with Crippen molar-refractivity contribution < 1.29 is 24.0 Å². The first-order chi connectivity index (χ1) is 15.1. The lowest BCUT2D eigenvalue weighted by atomic mass is 10.0. The molecule has 2 aliphatic rings. The molecule has 2 aromatic rings. The smallest absolute Gasteiger partial charge is 0.162 e. The van der Waals surface area contributed by atoms with Gasteiger partial charge in [0, 0.05) is 18.4 Å². The monoisotopic (exact) mass is 426 g/mol. The Morgan fingerprint density at radius 3 is 2.29 bits per heavy atom. The topological polar surface area (TPSA) is 36.6 Å². The molecule has 0 saturated carbocycles. The first-order valence-corrected chi connectivity index (χ1v) is 11.8. The molecule has 0 unspecified atom stereocenters. The van der Waals surface area contributed by atoms with Crippen molar-refractivity contribution in [2.75, 3.05) is 33.3 Å². The van der Waals surface area contributed by atoms with Crippen LogP contribution in [0.15, 0.2) is 48.5 Å². The first-order valence-electron chi connectivity index (χ1n) is 11.8. The van der Waals surface area contributed by atoms with Gasteiger partial charge in [-0.15, -0.1) is 0 Å². The Kier molecular flexibility index (Phi) is 7.49. The Hall–Kier alpha value is -2.08. The van der Waals surface area contributed by atoms with Crippen LogP contribution < -0.4 is 19.3 Å². The molecule has 5 nitrogen and oxygen atoms in total. The normalized spacial score (nSPS) is 28.8. The van der Waals surface area contributed by atoms with Crippen LogP contribution >= 0.6 is 0 Å². The lowest BCUT2D eigenvalue weighted by Gasteiger charge is -2.39. The molecule has 0 aliphatic carbocycles. The summed E-state index contributed by atoms with van der Waals surface area (Å²) in [7, 11) is 1.70. The van der Waals surface area contributed by atoms with E-state index in [1.54, 1.807) is 16.9 Å². The summed E-state index contributed by atoms with van der Waals surface area (Å²) in [6.45, 7) is 10.8. The summed E-state index contributed by atoms with van der Waals surface area (Å²) in [5.41, 5.74) is 2.48. The molecule has 2 N–H and O–H groups in total. The van der Waals surface area contributed by atoms with E-state index in [2.05, 4.69) is 38.1 Å². The van der Waals surface area contributed by atoms with E-state index in [1.807, 2.05) is 24.3 Å². The average molecular weight is 427 g/mol. The second kappa shape index (κ2) is 10.5. The zero-order valence-corrected chi connectivity index (χ0v) is 19.2. The van der Waals surface area contributed by atoms with Gasteiger partial charge in [0.25, 0.3) is 0 Å². The van der Waals surface area contributed by atoms with Gasteiger partial charge in [-0.3, -0.25) is 0 Å². The quantitative estimate of drug-likeness (QED) is 0.705. The van der Waals surface area contributed by atoms with E-state index in [1.165, 1.54) is 31.5 Å². The van der Waals surface area contributed by atoms with Crippen LogP contribution in [-0.2, 0) is 17.9 Å². The summed E-state index contributed by atoms with van der Waals surface area (Å²) >= 11 is 0. The number of piperidine rings is 1. The molecule has 2 aliphatic heterocycles. The first kappa shape index (κ1) is 22.1. The van der Waals surface area contributed by atoms with Gasteiger partial charge in [0.15, 0.2) is 11.5 Å². The predicted octanol–water partition coefficient (Wildman–Crippen LogP) is 1.51. The molecule has 2 fully saturated rings. The summed E-state index contributed by atoms with van der Waals surface area (Å²) in [5.74, 6) is 1.63. The van der Waals surface area contributed by atoms with Gasteiger partial charge in [-0.05, 0) is 37.6 Å². The fourth-order valence-corrected chi connectivity index (χ4v) is 5.23. The number of rotatable bonds is 7. The second-order valence-corrected chi connectivity index (χ2v) is 9.28. The summed E-state index contributed by atoms with van der Waals surface area (Å²) in [6, 6.07) is 17.5. The number of ether oxygens (including phenoxy) is 3. The third-order valence-electron chi connectivity index (χ3n) is 6.75. The molecule has 0 radical (unpaired) electrons. The summed E-state index contributed by atoms with van der Waals surface area (Å²) in [6.07, 6.45) is 3.38. The van der Waals surface area contributed by atoms with Gasteiger partial charge < -0.3 is 24.0 Å². The number of benzene rings is 2. The molecule has 2 aromatic carbocycles. The van der Waals surface area contributed by atoms with E-state index in [0.717, 1.165) is 42.7 Å². The average Bonchev–Trinajstić information content (AvgIpc) is 2.78. The van der Waals surface area contributed by atoms with Crippen LogP contribution in [0.4, 0.5) is 0 Å². The fraction of sp³-hybridized carbons (Fsp3) is 0.538. The highest BCUT2D eigenvalue weighted by Gasteiger charge is 2.35. The predicted molar refractivity (Wildman–Crippen MR) is 122 cm³/mol. The molecule has 5 heteroatoms. The second-order valence-electron chi connectivity index (χ2n) is 9.28. The van der Waals surface area contributed by atoms with Crippen molar-refractivity contribution >= 4 is 0 Å². The van der Waals surface area contributed by atoms with Crippen LogP contribution in [0.1, 0.15) is 37.8 Å². The van der Waals surface area contributed by atoms with E-state index in [0.29, 0.717) is 18.8 Å². The Bertz CT molecular complexity index is 811. The van der Waals surface area contributed by atoms with Crippen molar-refractivity contribution in [1.82, 2.24) is 0 Å². The maximum atomic E-state index is 6.11. The largest absolute Gasteiger partial charge is 0.493 e. The molecule has 0 amide bonds. The van der Waals surface area contributed by atoms with Crippen molar-refractivity contribution in [1.29, 1.82) is 0 Å². The van der Waals surface area contributed by atoms with Crippen LogP contribution in [0.3, 0.4) is 0 Å². The molecule has 0 spiro atoms. The Labute approximate surface area is 186 Å². The molecule has 4 rings (SSSR count). The fourth-order valence-electron chi connectivity index (χ4n) is 5.23. The van der Waals surface area contributed by atoms with Crippen LogP contribution in [-0.4, -0.2) is 51.5 Å². The number of quaternary nitrogens is 2. The van der Waals surface area contributed by atoms with Crippen molar-refractivity contribution in [2.24, 2.45) is 0 Å². The third-order valence-corrected chi connectivity index (χ3v) is 6.75. The van der Waals surface area contributed by atoms with E-state index < -0.39 is 0 Å². The standard InChI is InChI=1S/C26H36N2O3/c1-20-16-28(17-21(2)31-20)24-11-13-27(14-12-24)18-23-9-10-25(29-3)26(15-23)30-19-22-7-5-4-6-8-22/h4-10,15,20-21,24H,11-14,16-19H2,1-3H3/p+2/t20-,21-/m1/s1. The lowest BCUT2D eigenvalue weighted by Crippen LogP contribution is -3.22. The minimum Gasteiger partial charge on any atom is -0.493 e. The van der Waals surface area contributed by atoms with Gasteiger partial charge >= 0.3 is 0 Å². The molecule has 2 atom stereocenters. The zero-order chi connectivity index (χ0) is 21.6. The van der Waals surface area contributed by atoms with Crippen LogP contribution in [0.2, 0.25) is 0 Å². The third kappa shape index (κ3) is 6.00. The van der Waals surface area contributed by atoms with Crippen molar-refractivity contribution in [3.05, 3.63) is 59.7 Å². The molecular weight excluding hydrogens is 388 g/mol. The van der Waals surface area contributed by atoms with E-state index in [9.17, 15) is 0 Å². The van der Waals surface area contributed by atoms with Crippen LogP contribution in [0.5, 0.6) is 11.5 Å². The molecular formula is C26H38N2O3+2. The molecule has 2 saturated heterocycles. The molecule has 0 aromatic heterocycles. The van der Waals surface area contributed by atoms with Crippen molar-refractivity contribution in [3.8, 4) is 11.5 Å². The van der Waals surface area contributed by atoms with Crippen molar-refractivity contribution in [2.45, 2.75) is 58.1 Å². The highest BCUT2D eigenvalue weighted by Crippen LogP contribution is 2.28. The zero-order valence-electron chi connectivity index (χ0n) is 19.2. The number of hydrogen-bond acceptors (Lipinski definition) is 3. The molecule has 0 bridgehead atoms. The van der Waals surface area contributed by atoms with Gasteiger partial charge in [-0.25, -0.2) is 0 Å². The van der Waals surface area contributed by atoms with Crippen LogP contribution in [0, 0.1) is 0 Å². The molecule has 2 heterocycles. The van der Waals surface area contributed by atoms with Crippen LogP contribution in [0.25, 0.3) is 0 Å². The summed E-state index contributed by atoms with van der Waals surface area (Å²) in [5, 5.41) is 0. The minimum atomic E-state index is 0.387. The summed E-state index contributed by atoms with van der Waals surface area (Å²) < 4.78 is 17.6. The SMILES string of the molecule is COc1ccc(C[NH+]2CCC([NH+]3C[C@@H](C)O[C@H](C)C3)CC2)cc1OCc1ccccc1. The van der Waals surface area contributed by atoms with Gasteiger partial charge in [0.1, 0.15) is 38.4 Å². The van der Waals surface area contributed by atoms with E-state index in [4.69, 9.17) is 14.2 Å².